The molecule has 1 saturated heterocycles. The zero-order valence-corrected chi connectivity index (χ0v) is 6.59. The van der Waals surface area contributed by atoms with Crippen LogP contribution in [0.4, 0.5) is 0 Å². The minimum atomic E-state index is -0.147. The third kappa shape index (κ3) is 3.13. The maximum Gasteiger partial charge on any atom is 0.142 e. The maximum atomic E-state index is 5.24. The summed E-state index contributed by atoms with van der Waals surface area (Å²) in [6.45, 7) is 1.76. The topological polar surface area (TPSA) is 18.5 Å². The monoisotopic (exact) mass is 160 g/mol. The first-order valence-corrected chi connectivity index (χ1v) is 3.59. The molecule has 1 aliphatic rings. The Kier molecular flexibility index (Phi) is 3.82. The SMILES string of the molecule is C#CC#CC#CC1COCCO1. The van der Waals surface area contributed by atoms with Gasteiger partial charge in [0.05, 0.1) is 19.8 Å². The number of terminal acetylenes is 1. The van der Waals surface area contributed by atoms with Gasteiger partial charge in [0.1, 0.15) is 6.10 Å². The van der Waals surface area contributed by atoms with Crippen molar-refractivity contribution in [3.63, 3.8) is 0 Å². The largest absolute Gasteiger partial charge is 0.375 e. The van der Waals surface area contributed by atoms with Gasteiger partial charge in [-0.05, 0) is 23.7 Å². The van der Waals surface area contributed by atoms with Gasteiger partial charge in [-0.2, -0.15) is 0 Å². The molecule has 0 saturated carbocycles. The Bertz CT molecular complexity index is 284. The molecule has 1 aliphatic heterocycles. The van der Waals surface area contributed by atoms with E-state index in [0.717, 1.165) is 0 Å². The molecule has 1 atom stereocenters. The lowest BCUT2D eigenvalue weighted by molar-refractivity contribution is -0.0635. The standard InChI is InChI=1S/C10H8O2/c1-2-3-4-5-6-10-9-11-7-8-12-10/h1,10H,7-9H2. The molecule has 0 bridgehead atoms. The average molecular weight is 160 g/mol. The molecule has 1 fully saturated rings. The van der Waals surface area contributed by atoms with Crippen molar-refractivity contribution in [3.8, 4) is 36.0 Å². The molecule has 0 aromatic rings. The minimum absolute atomic E-state index is 0.147. The van der Waals surface area contributed by atoms with E-state index in [1.54, 1.807) is 0 Å². The number of hydrogen-bond donors (Lipinski definition) is 0. The van der Waals surface area contributed by atoms with Crippen LogP contribution < -0.4 is 0 Å². The highest BCUT2D eigenvalue weighted by Gasteiger charge is 2.09. The summed E-state index contributed by atoms with van der Waals surface area (Å²) in [6, 6.07) is 0. The second-order valence-corrected chi connectivity index (χ2v) is 2.10. The fourth-order valence-corrected chi connectivity index (χ4v) is 0.755. The number of rotatable bonds is 0. The molecular weight excluding hydrogens is 152 g/mol. The van der Waals surface area contributed by atoms with Crippen LogP contribution >= 0.6 is 0 Å². The van der Waals surface area contributed by atoms with Crippen molar-refractivity contribution in [2.45, 2.75) is 6.10 Å². The predicted molar refractivity (Wildman–Crippen MR) is 44.9 cm³/mol. The molecule has 1 rings (SSSR count). The van der Waals surface area contributed by atoms with E-state index in [1.165, 1.54) is 0 Å². The Balaban J connectivity index is 2.37. The first-order chi connectivity index (χ1) is 5.93. The molecule has 2 nitrogen and oxygen atoms in total. The normalized spacial score (nSPS) is 20.8. The summed E-state index contributed by atoms with van der Waals surface area (Å²) in [7, 11) is 0. The molecule has 0 aliphatic carbocycles. The first-order valence-electron chi connectivity index (χ1n) is 3.59. The van der Waals surface area contributed by atoms with Crippen molar-refractivity contribution >= 4 is 0 Å². The van der Waals surface area contributed by atoms with Gasteiger partial charge in [0.25, 0.3) is 0 Å². The highest BCUT2D eigenvalue weighted by atomic mass is 16.6. The van der Waals surface area contributed by atoms with Gasteiger partial charge in [-0.1, -0.05) is 5.92 Å². The van der Waals surface area contributed by atoms with Crippen LogP contribution in [-0.4, -0.2) is 25.9 Å². The van der Waals surface area contributed by atoms with Gasteiger partial charge in [0, 0.05) is 0 Å². The quantitative estimate of drug-likeness (QED) is 0.466. The lowest BCUT2D eigenvalue weighted by Gasteiger charge is -2.17. The molecule has 60 valence electrons. The van der Waals surface area contributed by atoms with Gasteiger partial charge in [0.15, 0.2) is 0 Å². The van der Waals surface area contributed by atoms with Crippen LogP contribution in [0.25, 0.3) is 0 Å². The zero-order valence-electron chi connectivity index (χ0n) is 6.59. The third-order valence-electron chi connectivity index (χ3n) is 1.25. The maximum absolute atomic E-state index is 5.24. The molecule has 0 spiro atoms. The molecule has 2 heteroatoms. The minimum Gasteiger partial charge on any atom is -0.375 e. The summed E-state index contributed by atoms with van der Waals surface area (Å²) in [6.07, 6.45) is 4.75. The van der Waals surface area contributed by atoms with Gasteiger partial charge in [-0.3, -0.25) is 0 Å². The smallest absolute Gasteiger partial charge is 0.142 e. The Morgan fingerprint density at radius 3 is 2.75 bits per heavy atom. The fourth-order valence-electron chi connectivity index (χ4n) is 0.755. The van der Waals surface area contributed by atoms with E-state index >= 15 is 0 Å². The van der Waals surface area contributed by atoms with Crippen LogP contribution in [0, 0.1) is 36.0 Å². The van der Waals surface area contributed by atoms with Crippen molar-refractivity contribution in [1.82, 2.24) is 0 Å². The summed E-state index contributed by atoms with van der Waals surface area (Å²) >= 11 is 0. The van der Waals surface area contributed by atoms with Crippen molar-refractivity contribution < 1.29 is 9.47 Å². The average Bonchev–Trinajstić information content (AvgIpc) is 2.14. The van der Waals surface area contributed by atoms with E-state index in [9.17, 15) is 0 Å². The van der Waals surface area contributed by atoms with Crippen molar-refractivity contribution in [1.29, 1.82) is 0 Å². The van der Waals surface area contributed by atoms with Crippen LogP contribution in [0.15, 0.2) is 0 Å². The lowest BCUT2D eigenvalue weighted by atomic mass is 10.3. The molecule has 1 unspecified atom stereocenters. The second-order valence-electron chi connectivity index (χ2n) is 2.10. The first kappa shape index (κ1) is 8.69. The van der Waals surface area contributed by atoms with E-state index in [2.05, 4.69) is 29.6 Å². The molecule has 1 heterocycles. The van der Waals surface area contributed by atoms with E-state index in [1.807, 2.05) is 0 Å². The van der Waals surface area contributed by atoms with Gasteiger partial charge >= 0.3 is 0 Å². The third-order valence-corrected chi connectivity index (χ3v) is 1.25. The summed E-state index contributed by atoms with van der Waals surface area (Å²) in [5.74, 6) is 12.5. The van der Waals surface area contributed by atoms with E-state index in [4.69, 9.17) is 15.9 Å². The highest BCUT2D eigenvalue weighted by Crippen LogP contribution is 1.97. The number of hydrogen-bond acceptors (Lipinski definition) is 2. The van der Waals surface area contributed by atoms with Crippen LogP contribution in [-0.2, 0) is 9.47 Å². The Labute approximate surface area is 72.2 Å². The Hall–Kier alpha value is -1.40. The van der Waals surface area contributed by atoms with Gasteiger partial charge < -0.3 is 9.47 Å². The molecular formula is C10H8O2. The Morgan fingerprint density at radius 1 is 1.17 bits per heavy atom. The summed E-state index contributed by atoms with van der Waals surface area (Å²) in [5.41, 5.74) is 0. The second kappa shape index (κ2) is 5.28. The number of ether oxygens (including phenoxy) is 2. The highest BCUT2D eigenvalue weighted by molar-refractivity contribution is 5.34. The van der Waals surface area contributed by atoms with Crippen LogP contribution in [0.3, 0.4) is 0 Å². The molecule has 12 heavy (non-hydrogen) atoms. The Morgan fingerprint density at radius 2 is 2.08 bits per heavy atom. The van der Waals surface area contributed by atoms with Crippen molar-refractivity contribution in [3.05, 3.63) is 0 Å². The predicted octanol–water partition coefficient (Wildman–Crippen LogP) is 0.0418. The summed E-state index contributed by atoms with van der Waals surface area (Å²) in [4.78, 5) is 0. The molecule has 0 N–H and O–H groups in total. The molecule has 0 aromatic heterocycles. The fraction of sp³-hybridized carbons (Fsp3) is 0.400. The van der Waals surface area contributed by atoms with Gasteiger partial charge in [-0.15, -0.1) is 6.42 Å². The van der Waals surface area contributed by atoms with Crippen molar-refractivity contribution in [2.24, 2.45) is 0 Å². The van der Waals surface area contributed by atoms with Crippen LogP contribution in [0.2, 0.25) is 0 Å². The van der Waals surface area contributed by atoms with E-state index < -0.39 is 0 Å². The lowest BCUT2D eigenvalue weighted by Crippen LogP contribution is -2.26. The van der Waals surface area contributed by atoms with Crippen molar-refractivity contribution in [2.75, 3.05) is 19.8 Å². The van der Waals surface area contributed by atoms with E-state index in [0.29, 0.717) is 19.8 Å². The molecule has 0 amide bonds. The molecule has 0 radical (unpaired) electrons. The van der Waals surface area contributed by atoms with Gasteiger partial charge in [0.2, 0.25) is 0 Å². The van der Waals surface area contributed by atoms with Gasteiger partial charge in [-0.25, -0.2) is 0 Å². The molecule has 0 aromatic carbocycles. The van der Waals surface area contributed by atoms with Crippen LogP contribution in [0.5, 0.6) is 0 Å². The van der Waals surface area contributed by atoms with Crippen LogP contribution in [0.1, 0.15) is 0 Å². The summed E-state index contributed by atoms with van der Waals surface area (Å²) < 4.78 is 10.4. The zero-order chi connectivity index (χ0) is 8.65. The van der Waals surface area contributed by atoms with E-state index in [-0.39, 0.29) is 6.10 Å². The summed E-state index contributed by atoms with van der Waals surface area (Å²) in [5, 5.41) is 0.